The monoisotopic (exact) mass is 183 g/mol. The Morgan fingerprint density at radius 2 is 2.42 bits per heavy atom. The summed E-state index contributed by atoms with van der Waals surface area (Å²) >= 11 is 1.66. The minimum Gasteiger partial charge on any atom is -0.269 e. The Morgan fingerprint density at radius 3 is 3.00 bits per heavy atom. The molecular weight excluding hydrogens is 174 g/mol. The van der Waals surface area contributed by atoms with Gasteiger partial charge in [0.2, 0.25) is 0 Å². The molecule has 0 aromatic carbocycles. The molecular formula is C8H9NO2S. The number of carbonyl (C=O) groups is 1. The maximum absolute atomic E-state index is 10.5. The summed E-state index contributed by atoms with van der Waals surface area (Å²) in [6, 6.07) is 3.99. The highest BCUT2D eigenvalue weighted by atomic mass is 32.1. The first-order valence-electron chi connectivity index (χ1n) is 3.71. The minimum absolute atomic E-state index is 0.265. The Kier molecular flexibility index (Phi) is 3.60. The number of amides is 1. The summed E-state index contributed by atoms with van der Waals surface area (Å²) < 4.78 is 0. The lowest BCUT2D eigenvalue weighted by molar-refractivity contribution is -0.118. The molecule has 0 atom stereocenters. The van der Waals surface area contributed by atoms with Crippen molar-refractivity contribution in [3.8, 4) is 0 Å². The molecule has 0 radical (unpaired) electrons. The number of rotatable bonds is 4. The Morgan fingerprint density at radius 1 is 1.58 bits per heavy atom. The maximum Gasteiger partial charge on any atom is 0.286 e. The lowest BCUT2D eigenvalue weighted by Crippen LogP contribution is -1.92. The van der Waals surface area contributed by atoms with E-state index in [2.05, 4.69) is 5.18 Å². The van der Waals surface area contributed by atoms with Crippen molar-refractivity contribution in [2.45, 2.75) is 19.3 Å². The van der Waals surface area contributed by atoms with E-state index in [9.17, 15) is 9.70 Å². The molecule has 1 amide bonds. The van der Waals surface area contributed by atoms with E-state index >= 15 is 0 Å². The molecule has 3 nitrogen and oxygen atoms in total. The molecule has 0 spiro atoms. The quantitative estimate of drug-likeness (QED) is 0.673. The lowest BCUT2D eigenvalue weighted by atomic mass is 10.2. The van der Waals surface area contributed by atoms with Crippen molar-refractivity contribution >= 4 is 17.2 Å². The fraction of sp³-hybridized carbons (Fsp3) is 0.375. The van der Waals surface area contributed by atoms with Gasteiger partial charge in [0.15, 0.2) is 0 Å². The zero-order chi connectivity index (χ0) is 8.81. The van der Waals surface area contributed by atoms with Crippen LogP contribution in [-0.2, 0) is 11.2 Å². The molecule has 0 unspecified atom stereocenters. The van der Waals surface area contributed by atoms with Crippen molar-refractivity contribution in [3.05, 3.63) is 27.3 Å². The van der Waals surface area contributed by atoms with Crippen LogP contribution >= 0.6 is 11.3 Å². The average molecular weight is 183 g/mol. The van der Waals surface area contributed by atoms with Crippen LogP contribution in [0.25, 0.3) is 0 Å². The molecule has 0 aliphatic rings. The summed E-state index contributed by atoms with van der Waals surface area (Å²) in [5.74, 6) is -0.549. The topological polar surface area (TPSA) is 46.5 Å². The van der Waals surface area contributed by atoms with Gasteiger partial charge in [0, 0.05) is 16.5 Å². The van der Waals surface area contributed by atoms with E-state index in [4.69, 9.17) is 0 Å². The second-order valence-electron chi connectivity index (χ2n) is 2.42. The molecule has 1 heterocycles. The predicted molar refractivity (Wildman–Crippen MR) is 48.1 cm³/mol. The number of aryl methyl sites for hydroxylation is 1. The molecule has 4 heteroatoms. The number of carbonyl (C=O) groups excluding carboxylic acids is 1. The Labute approximate surface area is 74.4 Å². The van der Waals surface area contributed by atoms with E-state index in [1.165, 1.54) is 4.88 Å². The zero-order valence-corrected chi connectivity index (χ0v) is 7.34. The van der Waals surface area contributed by atoms with Crippen molar-refractivity contribution in [1.29, 1.82) is 0 Å². The number of hydrogen-bond donors (Lipinski definition) is 0. The predicted octanol–water partition coefficient (Wildman–Crippen LogP) is 2.36. The lowest BCUT2D eigenvalue weighted by Gasteiger charge is -1.92. The summed E-state index contributed by atoms with van der Waals surface area (Å²) in [6.07, 6.45) is 1.84. The van der Waals surface area contributed by atoms with Gasteiger partial charge >= 0.3 is 0 Å². The van der Waals surface area contributed by atoms with Crippen LogP contribution < -0.4 is 0 Å². The van der Waals surface area contributed by atoms with Crippen LogP contribution in [0.1, 0.15) is 17.7 Å². The van der Waals surface area contributed by atoms with E-state index in [0.29, 0.717) is 6.42 Å². The fourth-order valence-electron chi connectivity index (χ4n) is 0.914. The van der Waals surface area contributed by atoms with E-state index in [1.807, 2.05) is 17.5 Å². The van der Waals surface area contributed by atoms with Crippen molar-refractivity contribution < 1.29 is 4.79 Å². The van der Waals surface area contributed by atoms with Crippen molar-refractivity contribution in [2.24, 2.45) is 5.18 Å². The second kappa shape index (κ2) is 4.77. The van der Waals surface area contributed by atoms with Crippen LogP contribution in [0.3, 0.4) is 0 Å². The van der Waals surface area contributed by atoms with Crippen molar-refractivity contribution in [1.82, 2.24) is 0 Å². The van der Waals surface area contributed by atoms with Gasteiger partial charge in [0.25, 0.3) is 5.91 Å². The van der Waals surface area contributed by atoms with Gasteiger partial charge < -0.3 is 0 Å². The molecule has 0 bridgehead atoms. The van der Waals surface area contributed by atoms with Gasteiger partial charge in [0.05, 0.1) is 0 Å². The van der Waals surface area contributed by atoms with E-state index < -0.39 is 5.91 Å². The highest BCUT2D eigenvalue weighted by Gasteiger charge is 2.00. The van der Waals surface area contributed by atoms with Gasteiger partial charge in [-0.05, 0) is 24.3 Å². The normalized spacial score (nSPS) is 9.67. The van der Waals surface area contributed by atoms with Crippen LogP contribution in [-0.4, -0.2) is 5.91 Å². The maximum atomic E-state index is 10.5. The molecule has 1 rings (SSSR count). The van der Waals surface area contributed by atoms with Gasteiger partial charge in [-0.25, -0.2) is 0 Å². The van der Waals surface area contributed by atoms with Crippen molar-refractivity contribution in [2.75, 3.05) is 0 Å². The molecule has 1 aromatic heterocycles. The largest absolute Gasteiger partial charge is 0.286 e. The first kappa shape index (κ1) is 9.06. The minimum atomic E-state index is -0.549. The molecule has 0 aliphatic heterocycles. The first-order valence-corrected chi connectivity index (χ1v) is 4.59. The Bertz CT molecular complexity index is 256. The first-order chi connectivity index (χ1) is 5.83. The third kappa shape index (κ3) is 2.92. The van der Waals surface area contributed by atoms with E-state index in [0.717, 1.165) is 6.42 Å². The SMILES string of the molecule is O=NC(=O)CCCc1cccs1. The van der Waals surface area contributed by atoms with E-state index in [-0.39, 0.29) is 6.42 Å². The van der Waals surface area contributed by atoms with Gasteiger partial charge in [0.1, 0.15) is 0 Å². The van der Waals surface area contributed by atoms with Crippen LogP contribution in [0.2, 0.25) is 0 Å². The molecule has 1 aromatic rings. The second-order valence-corrected chi connectivity index (χ2v) is 3.45. The fourth-order valence-corrected chi connectivity index (χ4v) is 1.67. The zero-order valence-electron chi connectivity index (χ0n) is 6.53. The van der Waals surface area contributed by atoms with Crippen LogP contribution in [0.4, 0.5) is 0 Å². The summed E-state index contributed by atoms with van der Waals surface area (Å²) in [7, 11) is 0. The number of nitrogens with zero attached hydrogens (tertiary/aromatic N) is 1. The molecule has 0 fully saturated rings. The molecule has 64 valence electrons. The third-order valence-corrected chi connectivity index (χ3v) is 2.43. The van der Waals surface area contributed by atoms with E-state index in [1.54, 1.807) is 11.3 Å². The molecule has 0 saturated heterocycles. The van der Waals surface area contributed by atoms with Crippen LogP contribution in [0.5, 0.6) is 0 Å². The third-order valence-electron chi connectivity index (χ3n) is 1.50. The number of hydrogen-bond acceptors (Lipinski definition) is 3. The smallest absolute Gasteiger partial charge is 0.269 e. The molecule has 12 heavy (non-hydrogen) atoms. The average Bonchev–Trinajstić information content (AvgIpc) is 2.57. The summed E-state index contributed by atoms with van der Waals surface area (Å²) in [4.78, 5) is 21.4. The summed E-state index contributed by atoms with van der Waals surface area (Å²) in [5.41, 5.74) is 0. The highest BCUT2D eigenvalue weighted by molar-refractivity contribution is 7.09. The van der Waals surface area contributed by atoms with Gasteiger partial charge in [-0.1, -0.05) is 6.07 Å². The highest BCUT2D eigenvalue weighted by Crippen LogP contribution is 2.11. The summed E-state index contributed by atoms with van der Waals surface area (Å²) in [5, 5.41) is 4.32. The number of nitroso groups, excluding NO2 is 1. The molecule has 0 aliphatic carbocycles. The number of thiophene rings is 1. The van der Waals surface area contributed by atoms with Crippen LogP contribution in [0, 0.1) is 4.91 Å². The standard InChI is InChI=1S/C8H9NO2S/c10-8(9-11)5-1-3-7-4-2-6-12-7/h2,4,6H,1,3,5H2. The van der Waals surface area contributed by atoms with Gasteiger partial charge in [-0.3, -0.25) is 4.79 Å². The van der Waals surface area contributed by atoms with Crippen molar-refractivity contribution in [3.63, 3.8) is 0 Å². The molecule has 0 N–H and O–H groups in total. The Hall–Kier alpha value is -1.03. The Balaban J connectivity index is 2.19. The van der Waals surface area contributed by atoms with Crippen LogP contribution in [0.15, 0.2) is 22.7 Å². The molecule has 0 saturated carbocycles. The van der Waals surface area contributed by atoms with Gasteiger partial charge in [-0.15, -0.1) is 16.2 Å². The van der Waals surface area contributed by atoms with Gasteiger partial charge in [-0.2, -0.15) is 0 Å². The summed E-state index contributed by atoms with van der Waals surface area (Å²) in [6.45, 7) is 0.